The van der Waals surface area contributed by atoms with Crippen LogP contribution in [0.5, 0.6) is 0 Å². The predicted octanol–water partition coefficient (Wildman–Crippen LogP) is 2.59. The van der Waals surface area contributed by atoms with Crippen LogP contribution in [0.4, 0.5) is 10.1 Å². The molecule has 1 aromatic rings. The van der Waals surface area contributed by atoms with Crippen molar-refractivity contribution in [3.8, 4) is 0 Å². The smallest absolute Gasteiger partial charge is 0.130 e. The van der Waals surface area contributed by atoms with Gasteiger partial charge in [0, 0.05) is 30.4 Å². The zero-order valence-corrected chi connectivity index (χ0v) is 11.7. The molecule has 1 heterocycles. The topological polar surface area (TPSA) is 49.5 Å². The molecule has 1 aliphatic rings. The van der Waals surface area contributed by atoms with Crippen LogP contribution < -0.4 is 10.6 Å². The first kappa shape index (κ1) is 14.3. The van der Waals surface area contributed by atoms with Gasteiger partial charge < -0.3 is 15.7 Å². The monoisotopic (exact) mass is 266 g/mol. The average Bonchev–Trinajstić information content (AvgIpc) is 2.49. The maximum absolute atomic E-state index is 14.0. The van der Waals surface area contributed by atoms with E-state index >= 15 is 0 Å². The fraction of sp³-hybridized carbons (Fsp3) is 0.600. The van der Waals surface area contributed by atoms with Gasteiger partial charge in [-0.2, -0.15) is 0 Å². The summed E-state index contributed by atoms with van der Waals surface area (Å²) in [5.41, 5.74) is 6.73. The first-order chi connectivity index (χ1) is 8.91. The Hall–Kier alpha value is -1.13. The van der Waals surface area contributed by atoms with Crippen LogP contribution in [0.2, 0.25) is 0 Å². The number of hydrogen-bond acceptors (Lipinski definition) is 3. The zero-order valence-electron chi connectivity index (χ0n) is 11.7. The molecule has 0 bridgehead atoms. The molecule has 1 unspecified atom stereocenters. The van der Waals surface area contributed by atoms with Crippen molar-refractivity contribution in [1.29, 1.82) is 0 Å². The standard InChI is InChI=1S/C15H23FN2O/c1-11(17)14-12(16)5-3-6-13(14)18-9-4-7-15(2,19)8-10-18/h3,5-6,11,19H,4,7-10,17H2,1-2H3/t11-,15?/m0/s1. The molecule has 0 radical (unpaired) electrons. The molecule has 4 heteroatoms. The minimum absolute atomic E-state index is 0.247. The Bertz CT molecular complexity index is 446. The number of halogens is 1. The molecule has 3 N–H and O–H groups in total. The summed E-state index contributed by atoms with van der Waals surface area (Å²) in [5, 5.41) is 10.1. The van der Waals surface area contributed by atoms with Crippen LogP contribution in [0, 0.1) is 5.82 Å². The Morgan fingerprint density at radius 2 is 2.11 bits per heavy atom. The van der Waals surface area contributed by atoms with E-state index in [2.05, 4.69) is 4.90 Å². The molecule has 19 heavy (non-hydrogen) atoms. The van der Waals surface area contributed by atoms with E-state index in [0.29, 0.717) is 12.0 Å². The van der Waals surface area contributed by atoms with E-state index in [0.717, 1.165) is 31.6 Å². The van der Waals surface area contributed by atoms with Crippen LogP contribution in [-0.4, -0.2) is 23.8 Å². The van der Waals surface area contributed by atoms with Crippen LogP contribution in [0.3, 0.4) is 0 Å². The Balaban J connectivity index is 2.29. The second-order valence-corrected chi connectivity index (χ2v) is 5.80. The van der Waals surface area contributed by atoms with E-state index in [1.165, 1.54) is 6.07 Å². The number of rotatable bonds is 2. The van der Waals surface area contributed by atoms with Crippen LogP contribution >= 0.6 is 0 Å². The molecule has 1 saturated heterocycles. The summed E-state index contributed by atoms with van der Waals surface area (Å²) in [5.74, 6) is -0.247. The maximum atomic E-state index is 14.0. The first-order valence-electron chi connectivity index (χ1n) is 6.92. The molecule has 2 atom stereocenters. The molecule has 1 aliphatic heterocycles. The Kier molecular flexibility index (Phi) is 4.11. The Labute approximate surface area is 114 Å². The molecule has 0 spiro atoms. The summed E-state index contributed by atoms with van der Waals surface area (Å²) in [7, 11) is 0. The van der Waals surface area contributed by atoms with Gasteiger partial charge in [-0.1, -0.05) is 6.07 Å². The number of nitrogens with two attached hydrogens (primary N) is 1. The van der Waals surface area contributed by atoms with Crippen LogP contribution in [0.25, 0.3) is 0 Å². The van der Waals surface area contributed by atoms with Crippen molar-refractivity contribution >= 4 is 5.69 Å². The van der Waals surface area contributed by atoms with Crippen molar-refractivity contribution in [2.75, 3.05) is 18.0 Å². The molecular formula is C15H23FN2O. The normalized spacial score (nSPS) is 26.1. The molecule has 0 amide bonds. The van der Waals surface area contributed by atoms with Gasteiger partial charge in [-0.05, 0) is 45.2 Å². The van der Waals surface area contributed by atoms with Gasteiger partial charge in [-0.3, -0.25) is 0 Å². The molecule has 3 nitrogen and oxygen atoms in total. The highest BCUT2D eigenvalue weighted by atomic mass is 19.1. The second kappa shape index (κ2) is 5.47. The van der Waals surface area contributed by atoms with Gasteiger partial charge in [0.2, 0.25) is 0 Å². The van der Waals surface area contributed by atoms with Crippen LogP contribution in [0.1, 0.15) is 44.7 Å². The fourth-order valence-corrected chi connectivity index (χ4v) is 2.76. The summed E-state index contributed by atoms with van der Waals surface area (Å²) in [6, 6.07) is 4.76. The molecule has 1 aromatic carbocycles. The van der Waals surface area contributed by atoms with Gasteiger partial charge in [0.05, 0.1) is 5.60 Å². The van der Waals surface area contributed by atoms with Crippen LogP contribution in [0.15, 0.2) is 18.2 Å². The van der Waals surface area contributed by atoms with Gasteiger partial charge in [-0.15, -0.1) is 0 Å². The molecule has 2 rings (SSSR count). The van der Waals surface area contributed by atoms with Gasteiger partial charge in [-0.25, -0.2) is 4.39 Å². The number of hydrogen-bond donors (Lipinski definition) is 2. The summed E-state index contributed by atoms with van der Waals surface area (Å²) >= 11 is 0. The van der Waals surface area contributed by atoms with E-state index < -0.39 is 5.60 Å². The fourth-order valence-electron chi connectivity index (χ4n) is 2.76. The van der Waals surface area contributed by atoms with Crippen molar-refractivity contribution in [3.05, 3.63) is 29.6 Å². The quantitative estimate of drug-likeness (QED) is 0.865. The van der Waals surface area contributed by atoms with Crippen molar-refractivity contribution < 1.29 is 9.50 Å². The third-order valence-corrected chi connectivity index (χ3v) is 3.89. The predicted molar refractivity (Wildman–Crippen MR) is 75.7 cm³/mol. The van der Waals surface area contributed by atoms with Gasteiger partial charge >= 0.3 is 0 Å². The zero-order chi connectivity index (χ0) is 14.0. The van der Waals surface area contributed by atoms with Gasteiger partial charge in [0.25, 0.3) is 0 Å². The largest absolute Gasteiger partial charge is 0.390 e. The molecular weight excluding hydrogens is 243 g/mol. The molecule has 0 aromatic heterocycles. The highest BCUT2D eigenvalue weighted by Gasteiger charge is 2.26. The summed E-state index contributed by atoms with van der Waals surface area (Å²) in [4.78, 5) is 2.14. The van der Waals surface area contributed by atoms with E-state index in [1.54, 1.807) is 13.0 Å². The van der Waals surface area contributed by atoms with Crippen molar-refractivity contribution in [2.24, 2.45) is 5.73 Å². The summed E-state index contributed by atoms with van der Waals surface area (Å²) < 4.78 is 14.0. The van der Waals surface area contributed by atoms with Crippen molar-refractivity contribution in [3.63, 3.8) is 0 Å². The van der Waals surface area contributed by atoms with Crippen molar-refractivity contribution in [2.45, 2.75) is 44.8 Å². The maximum Gasteiger partial charge on any atom is 0.130 e. The van der Waals surface area contributed by atoms with Crippen molar-refractivity contribution in [1.82, 2.24) is 0 Å². The first-order valence-corrected chi connectivity index (χ1v) is 6.92. The second-order valence-electron chi connectivity index (χ2n) is 5.80. The van der Waals surface area contributed by atoms with E-state index in [9.17, 15) is 9.50 Å². The SMILES string of the molecule is C[C@H](N)c1c(F)cccc1N1CCCC(C)(O)CC1. The number of benzene rings is 1. The minimum atomic E-state index is -0.615. The van der Waals surface area contributed by atoms with Gasteiger partial charge in [0.15, 0.2) is 0 Å². The number of nitrogens with zero attached hydrogens (tertiary/aromatic N) is 1. The lowest BCUT2D eigenvalue weighted by Crippen LogP contribution is -2.29. The highest BCUT2D eigenvalue weighted by Crippen LogP contribution is 2.31. The summed E-state index contributed by atoms with van der Waals surface area (Å²) in [6.45, 7) is 5.24. The van der Waals surface area contributed by atoms with Gasteiger partial charge in [0.1, 0.15) is 5.82 Å². The Morgan fingerprint density at radius 1 is 1.37 bits per heavy atom. The lowest BCUT2D eigenvalue weighted by Gasteiger charge is -2.27. The van der Waals surface area contributed by atoms with Crippen LogP contribution in [-0.2, 0) is 0 Å². The molecule has 0 aliphatic carbocycles. The minimum Gasteiger partial charge on any atom is -0.390 e. The number of aliphatic hydroxyl groups is 1. The Morgan fingerprint density at radius 3 is 2.79 bits per heavy atom. The molecule has 1 fully saturated rings. The molecule has 0 saturated carbocycles. The third-order valence-electron chi connectivity index (χ3n) is 3.89. The van der Waals surface area contributed by atoms with E-state index in [4.69, 9.17) is 5.73 Å². The van der Waals surface area contributed by atoms with E-state index in [1.807, 2.05) is 13.0 Å². The summed E-state index contributed by atoms with van der Waals surface area (Å²) in [6.07, 6.45) is 2.39. The lowest BCUT2D eigenvalue weighted by atomic mass is 9.98. The average molecular weight is 266 g/mol. The molecule has 106 valence electrons. The lowest BCUT2D eigenvalue weighted by molar-refractivity contribution is 0.0481. The third kappa shape index (κ3) is 3.25. The van der Waals surface area contributed by atoms with E-state index in [-0.39, 0.29) is 11.9 Å². The number of anilines is 1. The highest BCUT2D eigenvalue weighted by molar-refractivity contribution is 5.55.